The molecule has 22 heavy (non-hydrogen) atoms. The van der Waals surface area contributed by atoms with Crippen molar-refractivity contribution in [3.63, 3.8) is 0 Å². The normalized spacial score (nSPS) is 18.5. The third-order valence-corrected chi connectivity index (χ3v) is 4.33. The number of hydrogen-bond acceptors (Lipinski definition) is 5. The largest absolute Gasteiger partial charge is 0.373 e. The topological polar surface area (TPSA) is 87.9 Å². The Morgan fingerprint density at radius 1 is 1.55 bits per heavy atom. The Morgan fingerprint density at radius 2 is 2.32 bits per heavy atom. The van der Waals surface area contributed by atoms with E-state index in [4.69, 9.17) is 10.5 Å². The molecule has 0 unspecified atom stereocenters. The molecule has 0 spiro atoms. The molecule has 1 aromatic rings. The summed E-state index contributed by atoms with van der Waals surface area (Å²) in [6.45, 7) is 4.26. The van der Waals surface area contributed by atoms with Crippen LogP contribution in [0.4, 0.5) is 10.5 Å². The van der Waals surface area contributed by atoms with E-state index in [1.165, 1.54) is 0 Å². The molecule has 0 aliphatic carbocycles. The lowest BCUT2D eigenvalue weighted by atomic mass is 10.2. The predicted octanol–water partition coefficient (Wildman–Crippen LogP) is 0.706. The molecule has 0 radical (unpaired) electrons. The Hall–Kier alpha value is -1.64. The van der Waals surface area contributed by atoms with Crippen LogP contribution in [0.2, 0.25) is 0 Å². The van der Waals surface area contributed by atoms with Gasteiger partial charge in [-0.2, -0.15) is 0 Å². The Labute approximate surface area is 134 Å². The van der Waals surface area contributed by atoms with Crippen LogP contribution in [0.15, 0.2) is 10.8 Å². The molecule has 122 valence electrons. The molecule has 1 aliphatic rings. The quantitative estimate of drug-likeness (QED) is 0.834. The van der Waals surface area contributed by atoms with Gasteiger partial charge in [-0.3, -0.25) is 9.69 Å². The van der Waals surface area contributed by atoms with E-state index in [2.05, 4.69) is 5.32 Å². The van der Waals surface area contributed by atoms with Crippen molar-refractivity contribution in [2.75, 3.05) is 45.2 Å². The maximum absolute atomic E-state index is 12.3. The fourth-order valence-electron chi connectivity index (χ4n) is 2.38. The first kappa shape index (κ1) is 16.7. The number of rotatable bonds is 5. The van der Waals surface area contributed by atoms with Crippen LogP contribution in [0.1, 0.15) is 5.56 Å². The minimum atomic E-state index is -0.374. The van der Waals surface area contributed by atoms with Crippen LogP contribution in [-0.2, 0) is 9.53 Å². The van der Waals surface area contributed by atoms with Gasteiger partial charge in [0.15, 0.2) is 0 Å². The van der Waals surface area contributed by atoms with Crippen molar-refractivity contribution in [3.8, 4) is 0 Å². The van der Waals surface area contributed by atoms with Gasteiger partial charge in [0.1, 0.15) is 0 Å². The van der Waals surface area contributed by atoms with Gasteiger partial charge < -0.3 is 20.7 Å². The number of likely N-dealkylation sites (N-methyl/N-ethyl adjacent to an activating group) is 1. The number of hydrogen-bond donors (Lipinski definition) is 2. The van der Waals surface area contributed by atoms with Gasteiger partial charge in [0.2, 0.25) is 5.91 Å². The Bertz CT molecular complexity index is 534. The van der Waals surface area contributed by atoms with Crippen LogP contribution in [0, 0.1) is 6.92 Å². The van der Waals surface area contributed by atoms with E-state index in [1.54, 1.807) is 21.1 Å². The number of thiophene rings is 1. The smallest absolute Gasteiger partial charge is 0.322 e. The van der Waals surface area contributed by atoms with Gasteiger partial charge in [0, 0.05) is 25.0 Å². The number of primary amides is 1. The van der Waals surface area contributed by atoms with Gasteiger partial charge >= 0.3 is 6.03 Å². The molecule has 2 heterocycles. The second-order valence-electron chi connectivity index (χ2n) is 5.50. The van der Waals surface area contributed by atoms with Crippen molar-refractivity contribution in [2.24, 2.45) is 5.73 Å². The zero-order valence-corrected chi connectivity index (χ0v) is 13.7. The second kappa shape index (κ2) is 7.57. The number of nitrogens with one attached hydrogen (secondary N) is 1. The van der Waals surface area contributed by atoms with Crippen LogP contribution in [0.5, 0.6) is 0 Å². The summed E-state index contributed by atoms with van der Waals surface area (Å²) >= 11 is 1.56. The van der Waals surface area contributed by atoms with Crippen LogP contribution in [0.25, 0.3) is 0 Å². The zero-order chi connectivity index (χ0) is 16.1. The van der Waals surface area contributed by atoms with Crippen molar-refractivity contribution >= 4 is 29.0 Å². The first-order valence-corrected chi connectivity index (χ1v) is 8.07. The fourth-order valence-corrected chi connectivity index (χ4v) is 3.16. The molecule has 2 rings (SSSR count). The molecular weight excluding hydrogens is 304 g/mol. The first-order valence-electron chi connectivity index (χ1n) is 7.13. The highest BCUT2D eigenvalue weighted by atomic mass is 32.1. The number of morpholine rings is 1. The number of aryl methyl sites for hydroxylation is 1. The third kappa shape index (κ3) is 4.69. The Morgan fingerprint density at radius 3 is 2.95 bits per heavy atom. The maximum atomic E-state index is 12.3. The van der Waals surface area contributed by atoms with Crippen LogP contribution in [0.3, 0.4) is 0 Å². The number of nitrogens with zero attached hydrogens (tertiary/aromatic N) is 2. The number of ether oxygens (including phenoxy) is 1. The summed E-state index contributed by atoms with van der Waals surface area (Å²) in [6.07, 6.45) is -0.118. The number of carbonyl (C=O) groups is 2. The molecule has 3 amide bonds. The number of urea groups is 1. The van der Waals surface area contributed by atoms with Gasteiger partial charge in [0.25, 0.3) is 0 Å². The highest BCUT2D eigenvalue weighted by molar-refractivity contribution is 7.08. The summed E-state index contributed by atoms with van der Waals surface area (Å²) in [5, 5.41) is 6.84. The molecule has 0 saturated carbocycles. The SMILES string of the molecule is Cc1cscc1NC(=O)N1CCO[C@@H](CN(C)CC(N)=O)C1. The fraction of sp³-hybridized carbons (Fsp3) is 0.571. The highest BCUT2D eigenvalue weighted by Crippen LogP contribution is 2.20. The number of anilines is 1. The summed E-state index contributed by atoms with van der Waals surface area (Å²) in [5.74, 6) is -0.374. The molecule has 7 nitrogen and oxygen atoms in total. The van der Waals surface area contributed by atoms with Crippen molar-refractivity contribution in [2.45, 2.75) is 13.0 Å². The van der Waals surface area contributed by atoms with Crippen LogP contribution in [-0.4, -0.2) is 67.7 Å². The van der Waals surface area contributed by atoms with E-state index in [0.717, 1.165) is 11.3 Å². The standard InChI is InChI=1S/C14H22N4O3S/c1-10-8-22-9-12(10)16-14(20)18-3-4-21-11(6-18)5-17(2)7-13(15)19/h8-9,11H,3-7H2,1-2H3,(H2,15,19)(H,16,20)/t11-/m0/s1. The maximum Gasteiger partial charge on any atom is 0.322 e. The third-order valence-electron chi connectivity index (χ3n) is 3.46. The van der Waals surface area contributed by atoms with Crippen molar-refractivity contribution in [1.82, 2.24) is 9.80 Å². The molecule has 1 saturated heterocycles. The zero-order valence-electron chi connectivity index (χ0n) is 12.9. The Balaban J connectivity index is 1.86. The van der Waals surface area contributed by atoms with Crippen LogP contribution < -0.4 is 11.1 Å². The summed E-state index contributed by atoms with van der Waals surface area (Å²) in [7, 11) is 1.81. The van der Waals surface area contributed by atoms with Gasteiger partial charge in [0.05, 0.1) is 24.9 Å². The van der Waals surface area contributed by atoms with Gasteiger partial charge in [-0.15, -0.1) is 11.3 Å². The monoisotopic (exact) mass is 326 g/mol. The summed E-state index contributed by atoms with van der Waals surface area (Å²) in [5.41, 5.74) is 7.08. The van der Waals surface area contributed by atoms with E-state index in [1.807, 2.05) is 24.7 Å². The molecule has 8 heteroatoms. The van der Waals surface area contributed by atoms with E-state index in [0.29, 0.717) is 26.2 Å². The van der Waals surface area contributed by atoms with Crippen molar-refractivity contribution in [3.05, 3.63) is 16.3 Å². The lowest BCUT2D eigenvalue weighted by Crippen LogP contribution is -2.51. The first-order chi connectivity index (χ1) is 10.5. The van der Waals surface area contributed by atoms with Gasteiger partial charge in [-0.05, 0) is 24.9 Å². The summed E-state index contributed by atoms with van der Waals surface area (Å²) in [6, 6.07) is -0.118. The molecular formula is C14H22N4O3S. The molecule has 1 aromatic heterocycles. The lowest BCUT2D eigenvalue weighted by Gasteiger charge is -2.34. The number of amides is 3. The average Bonchev–Trinajstić information content (AvgIpc) is 2.83. The minimum Gasteiger partial charge on any atom is -0.373 e. The van der Waals surface area contributed by atoms with E-state index in [9.17, 15) is 9.59 Å². The lowest BCUT2D eigenvalue weighted by molar-refractivity contribution is -0.119. The van der Waals surface area contributed by atoms with E-state index >= 15 is 0 Å². The summed E-state index contributed by atoms with van der Waals surface area (Å²) in [4.78, 5) is 26.7. The van der Waals surface area contributed by atoms with Gasteiger partial charge in [-0.25, -0.2) is 4.79 Å². The molecule has 0 aromatic carbocycles. The molecule has 1 aliphatic heterocycles. The average molecular weight is 326 g/mol. The highest BCUT2D eigenvalue weighted by Gasteiger charge is 2.25. The predicted molar refractivity (Wildman–Crippen MR) is 86.1 cm³/mol. The van der Waals surface area contributed by atoms with E-state index in [-0.39, 0.29) is 24.6 Å². The van der Waals surface area contributed by atoms with Crippen molar-refractivity contribution < 1.29 is 14.3 Å². The second-order valence-corrected chi connectivity index (χ2v) is 6.24. The molecule has 0 bridgehead atoms. The van der Waals surface area contributed by atoms with Crippen LogP contribution >= 0.6 is 11.3 Å². The molecule has 3 N–H and O–H groups in total. The van der Waals surface area contributed by atoms with E-state index < -0.39 is 0 Å². The summed E-state index contributed by atoms with van der Waals surface area (Å²) < 4.78 is 5.66. The van der Waals surface area contributed by atoms with Gasteiger partial charge in [-0.1, -0.05) is 0 Å². The number of nitrogens with two attached hydrogens (primary N) is 1. The number of carbonyl (C=O) groups excluding carboxylic acids is 2. The molecule has 1 atom stereocenters. The minimum absolute atomic E-state index is 0.118. The van der Waals surface area contributed by atoms with Crippen molar-refractivity contribution in [1.29, 1.82) is 0 Å². The molecule has 1 fully saturated rings. The Kier molecular flexibility index (Phi) is 5.76.